The first-order chi connectivity index (χ1) is 13.1. The maximum absolute atomic E-state index is 5.50. The fraction of sp³-hybridized carbons (Fsp3) is 0.842. The molecule has 0 amide bonds. The number of rotatable bonds is 10. The van der Waals surface area contributed by atoms with Crippen molar-refractivity contribution in [1.82, 2.24) is 25.7 Å². The summed E-state index contributed by atoms with van der Waals surface area (Å²) in [5.41, 5.74) is 0. The molecule has 8 heteroatoms. The van der Waals surface area contributed by atoms with E-state index in [0.29, 0.717) is 23.7 Å². The first-order valence-corrected chi connectivity index (χ1v) is 10.2. The van der Waals surface area contributed by atoms with E-state index in [1.54, 1.807) is 0 Å². The zero-order valence-electron chi connectivity index (χ0n) is 17.3. The smallest absolute Gasteiger partial charge is 0.226 e. The predicted molar refractivity (Wildman–Crippen MR) is 107 cm³/mol. The van der Waals surface area contributed by atoms with Crippen molar-refractivity contribution in [3.63, 3.8) is 0 Å². The summed E-state index contributed by atoms with van der Waals surface area (Å²) in [6.07, 6.45) is 2.85. The van der Waals surface area contributed by atoms with Crippen molar-refractivity contribution in [3.05, 3.63) is 11.7 Å². The van der Waals surface area contributed by atoms with Crippen molar-refractivity contribution < 1.29 is 9.26 Å². The summed E-state index contributed by atoms with van der Waals surface area (Å²) in [5.74, 6) is 2.91. The molecule has 0 saturated carbocycles. The number of nitrogens with zero attached hydrogens (tertiary/aromatic N) is 4. The first kappa shape index (κ1) is 21.6. The van der Waals surface area contributed by atoms with Crippen LogP contribution < -0.4 is 10.6 Å². The Labute approximate surface area is 163 Å². The highest BCUT2D eigenvalue weighted by Crippen LogP contribution is 2.14. The van der Waals surface area contributed by atoms with Crippen LogP contribution in [0.3, 0.4) is 0 Å². The molecule has 27 heavy (non-hydrogen) atoms. The molecule has 154 valence electrons. The van der Waals surface area contributed by atoms with Gasteiger partial charge in [0.15, 0.2) is 11.8 Å². The van der Waals surface area contributed by atoms with E-state index in [-0.39, 0.29) is 0 Å². The van der Waals surface area contributed by atoms with Crippen LogP contribution in [0.1, 0.15) is 45.3 Å². The average Bonchev–Trinajstić information content (AvgIpc) is 3.07. The van der Waals surface area contributed by atoms with Crippen LogP contribution in [0.5, 0.6) is 0 Å². The second kappa shape index (κ2) is 11.9. The number of morpholine rings is 1. The van der Waals surface area contributed by atoms with Crippen molar-refractivity contribution in [2.45, 2.75) is 53.0 Å². The Balaban J connectivity index is 1.82. The third kappa shape index (κ3) is 8.26. The van der Waals surface area contributed by atoms with Crippen LogP contribution >= 0.6 is 0 Å². The lowest BCUT2D eigenvalue weighted by molar-refractivity contribution is 0.0143. The minimum absolute atomic E-state index is 0.464. The van der Waals surface area contributed by atoms with Gasteiger partial charge in [-0.15, -0.1) is 0 Å². The average molecular weight is 381 g/mol. The van der Waals surface area contributed by atoms with E-state index >= 15 is 0 Å². The van der Waals surface area contributed by atoms with Gasteiger partial charge in [0.05, 0.1) is 19.8 Å². The zero-order valence-corrected chi connectivity index (χ0v) is 17.3. The molecule has 0 radical (unpaired) electrons. The van der Waals surface area contributed by atoms with Crippen LogP contribution in [-0.4, -0.2) is 73.0 Å². The molecule has 1 aromatic rings. The topological polar surface area (TPSA) is 87.8 Å². The van der Waals surface area contributed by atoms with Gasteiger partial charge in [-0.25, -0.2) is 0 Å². The summed E-state index contributed by atoms with van der Waals surface area (Å²) in [4.78, 5) is 11.6. The minimum atomic E-state index is 0.464. The standard InChI is InChI=1S/C19H36N6O2/c1-5-20-19(21-8-6-7-18-23-16(4)24-27-18)22-14-17(13-15(2)3)25-9-11-26-12-10-25/h15,17H,5-14H2,1-4H3,(H2,20,21,22). The van der Waals surface area contributed by atoms with Crippen LogP contribution in [0.4, 0.5) is 0 Å². The lowest BCUT2D eigenvalue weighted by Gasteiger charge is -2.34. The Morgan fingerprint density at radius 3 is 2.67 bits per heavy atom. The molecule has 0 aromatic carbocycles. The number of ether oxygens (including phenoxy) is 1. The summed E-state index contributed by atoms with van der Waals surface area (Å²) >= 11 is 0. The van der Waals surface area contributed by atoms with Crippen LogP contribution in [0.15, 0.2) is 9.52 Å². The van der Waals surface area contributed by atoms with Gasteiger partial charge in [0.25, 0.3) is 0 Å². The third-order valence-electron chi connectivity index (χ3n) is 4.54. The van der Waals surface area contributed by atoms with Gasteiger partial charge in [-0.2, -0.15) is 4.98 Å². The van der Waals surface area contributed by atoms with Crippen molar-refractivity contribution in [2.24, 2.45) is 10.9 Å². The Morgan fingerprint density at radius 2 is 2.04 bits per heavy atom. The largest absolute Gasteiger partial charge is 0.379 e. The van der Waals surface area contributed by atoms with Crippen LogP contribution in [0.25, 0.3) is 0 Å². The second-order valence-electron chi connectivity index (χ2n) is 7.42. The minimum Gasteiger partial charge on any atom is -0.379 e. The van der Waals surface area contributed by atoms with E-state index < -0.39 is 0 Å². The molecule has 8 nitrogen and oxygen atoms in total. The highest BCUT2D eigenvalue weighted by atomic mass is 16.5. The molecule has 0 bridgehead atoms. The molecule has 2 heterocycles. The summed E-state index contributed by atoms with van der Waals surface area (Å²) in [7, 11) is 0. The maximum atomic E-state index is 5.50. The number of guanidine groups is 1. The summed E-state index contributed by atoms with van der Waals surface area (Å²) in [6, 6.07) is 0.464. The summed E-state index contributed by atoms with van der Waals surface area (Å²) in [5, 5.41) is 10.6. The Morgan fingerprint density at radius 1 is 1.26 bits per heavy atom. The van der Waals surface area contributed by atoms with Gasteiger partial charge in [0.2, 0.25) is 5.89 Å². The number of aryl methyl sites for hydroxylation is 2. The van der Waals surface area contributed by atoms with Crippen LogP contribution in [0, 0.1) is 12.8 Å². The number of hydrogen-bond acceptors (Lipinski definition) is 6. The number of hydrogen-bond donors (Lipinski definition) is 2. The molecule has 1 fully saturated rings. The zero-order chi connectivity index (χ0) is 19.5. The van der Waals surface area contributed by atoms with E-state index in [2.05, 4.69) is 46.4 Å². The Bertz CT molecular complexity index is 554. The predicted octanol–water partition coefficient (Wildman–Crippen LogP) is 1.61. The fourth-order valence-electron chi connectivity index (χ4n) is 3.25. The highest BCUT2D eigenvalue weighted by Gasteiger charge is 2.21. The quantitative estimate of drug-likeness (QED) is 0.362. The molecule has 1 saturated heterocycles. The molecule has 0 aliphatic carbocycles. The monoisotopic (exact) mass is 380 g/mol. The molecule has 1 aliphatic heterocycles. The van der Waals surface area contributed by atoms with Gasteiger partial charge in [-0.3, -0.25) is 9.89 Å². The molecule has 2 N–H and O–H groups in total. The van der Waals surface area contributed by atoms with E-state index in [1.165, 1.54) is 0 Å². The van der Waals surface area contributed by atoms with Crippen molar-refractivity contribution in [1.29, 1.82) is 0 Å². The van der Waals surface area contributed by atoms with Gasteiger partial charge in [-0.05, 0) is 32.6 Å². The van der Waals surface area contributed by atoms with Crippen LogP contribution in [-0.2, 0) is 11.2 Å². The van der Waals surface area contributed by atoms with Crippen molar-refractivity contribution in [2.75, 3.05) is 45.9 Å². The summed E-state index contributed by atoms with van der Waals surface area (Å²) < 4.78 is 10.7. The lowest BCUT2D eigenvalue weighted by Crippen LogP contribution is -2.46. The first-order valence-electron chi connectivity index (χ1n) is 10.2. The third-order valence-corrected chi connectivity index (χ3v) is 4.54. The number of aliphatic imine (C=N–C) groups is 1. The molecule has 1 unspecified atom stereocenters. The van der Waals surface area contributed by atoms with Gasteiger partial charge < -0.3 is 19.9 Å². The molecule has 2 rings (SSSR count). The van der Waals surface area contributed by atoms with Gasteiger partial charge >= 0.3 is 0 Å². The van der Waals surface area contributed by atoms with Gasteiger partial charge in [0, 0.05) is 38.6 Å². The fourth-order valence-corrected chi connectivity index (χ4v) is 3.25. The van der Waals surface area contributed by atoms with E-state index in [0.717, 1.165) is 71.2 Å². The maximum Gasteiger partial charge on any atom is 0.226 e. The van der Waals surface area contributed by atoms with E-state index in [4.69, 9.17) is 14.3 Å². The lowest BCUT2D eigenvalue weighted by atomic mass is 10.0. The van der Waals surface area contributed by atoms with E-state index in [1.807, 2.05) is 6.92 Å². The Kier molecular flexibility index (Phi) is 9.55. The molecular weight excluding hydrogens is 344 g/mol. The second-order valence-corrected chi connectivity index (χ2v) is 7.42. The van der Waals surface area contributed by atoms with Gasteiger partial charge in [-0.1, -0.05) is 19.0 Å². The molecule has 1 aliphatic rings. The molecular formula is C19H36N6O2. The van der Waals surface area contributed by atoms with Crippen molar-refractivity contribution in [3.8, 4) is 0 Å². The normalized spacial score (nSPS) is 17.3. The molecule has 1 atom stereocenters. The van der Waals surface area contributed by atoms with Crippen LogP contribution in [0.2, 0.25) is 0 Å². The molecule has 1 aromatic heterocycles. The summed E-state index contributed by atoms with van der Waals surface area (Å²) in [6.45, 7) is 14.6. The van der Waals surface area contributed by atoms with Crippen molar-refractivity contribution >= 4 is 5.96 Å². The Hall–Kier alpha value is -1.67. The SMILES string of the molecule is CCNC(=NCC(CC(C)C)N1CCOCC1)NCCCc1nc(C)no1. The number of aromatic nitrogens is 2. The highest BCUT2D eigenvalue weighted by molar-refractivity contribution is 5.79. The van der Waals surface area contributed by atoms with Gasteiger partial charge in [0.1, 0.15) is 0 Å². The number of nitrogens with one attached hydrogen (secondary N) is 2. The van der Waals surface area contributed by atoms with E-state index in [9.17, 15) is 0 Å². The molecule has 0 spiro atoms.